The van der Waals surface area contributed by atoms with Gasteiger partial charge in [0.25, 0.3) is 0 Å². The third kappa shape index (κ3) is 3.56. The van der Waals surface area contributed by atoms with Crippen molar-refractivity contribution in [2.24, 2.45) is 0 Å². The van der Waals surface area contributed by atoms with E-state index >= 15 is 0 Å². The molecule has 1 aromatic carbocycles. The van der Waals surface area contributed by atoms with Gasteiger partial charge in [0.05, 0.1) is 21.9 Å². The summed E-state index contributed by atoms with van der Waals surface area (Å²) in [7, 11) is 0. The molecule has 0 N–H and O–H groups in total. The Bertz CT molecular complexity index is 455. The van der Waals surface area contributed by atoms with Crippen molar-refractivity contribution < 1.29 is 4.74 Å². The summed E-state index contributed by atoms with van der Waals surface area (Å²) in [5, 5.41) is 0.756. The molecule has 1 aliphatic heterocycles. The minimum Gasteiger partial charge on any atom is -0.366 e. The lowest BCUT2D eigenvalue weighted by Gasteiger charge is -2.48. The molecule has 0 radical (unpaired) electrons. The van der Waals surface area contributed by atoms with Gasteiger partial charge in [0, 0.05) is 19.0 Å². The maximum absolute atomic E-state index is 6.39. The van der Waals surface area contributed by atoms with E-state index in [0.29, 0.717) is 5.88 Å². The lowest BCUT2D eigenvalue weighted by atomic mass is 9.98. The molecule has 0 bridgehead atoms. The van der Waals surface area contributed by atoms with E-state index in [1.165, 1.54) is 0 Å². The maximum Gasteiger partial charge on any atom is 0.0808 e. The van der Waals surface area contributed by atoms with Crippen LogP contribution in [0.2, 0.25) is 5.02 Å². The van der Waals surface area contributed by atoms with Gasteiger partial charge in [-0.05, 0) is 45.4 Å². The van der Waals surface area contributed by atoms with Crippen LogP contribution < -0.4 is 4.90 Å². The molecule has 2 rings (SSSR count). The van der Waals surface area contributed by atoms with Crippen LogP contribution in [0, 0.1) is 0 Å². The van der Waals surface area contributed by atoms with Gasteiger partial charge in [-0.15, -0.1) is 11.6 Å². The Balaban J connectivity index is 2.31. The molecule has 1 fully saturated rings. The molecule has 106 valence electrons. The van der Waals surface area contributed by atoms with Gasteiger partial charge in [-0.1, -0.05) is 17.7 Å². The molecule has 4 heteroatoms. The molecular weight excluding hydrogens is 281 g/mol. The van der Waals surface area contributed by atoms with Crippen molar-refractivity contribution in [2.75, 3.05) is 18.0 Å². The van der Waals surface area contributed by atoms with Gasteiger partial charge in [-0.2, -0.15) is 0 Å². The fraction of sp³-hybridized carbons (Fsp3) is 0.600. The van der Waals surface area contributed by atoms with E-state index in [4.69, 9.17) is 27.9 Å². The van der Waals surface area contributed by atoms with Crippen LogP contribution in [0.25, 0.3) is 0 Å². The Labute approximate surface area is 125 Å². The topological polar surface area (TPSA) is 12.5 Å². The van der Waals surface area contributed by atoms with E-state index in [-0.39, 0.29) is 11.2 Å². The van der Waals surface area contributed by atoms with Crippen LogP contribution in [0.4, 0.5) is 5.69 Å². The summed E-state index contributed by atoms with van der Waals surface area (Å²) >= 11 is 12.2. The molecule has 0 unspecified atom stereocenters. The SMILES string of the molecule is CC1(C)CN(c2ccc(CCl)cc2Cl)CC(C)(C)O1. The predicted molar refractivity (Wildman–Crippen MR) is 82.5 cm³/mol. The van der Waals surface area contributed by atoms with Crippen LogP contribution in [0.15, 0.2) is 18.2 Å². The molecule has 0 aromatic heterocycles. The highest BCUT2D eigenvalue weighted by Gasteiger charge is 2.38. The minimum atomic E-state index is -0.184. The first-order valence-electron chi connectivity index (χ1n) is 6.52. The smallest absolute Gasteiger partial charge is 0.0808 e. The highest BCUT2D eigenvalue weighted by molar-refractivity contribution is 6.33. The lowest BCUT2D eigenvalue weighted by molar-refractivity contribution is -0.133. The van der Waals surface area contributed by atoms with Crippen LogP contribution in [0.1, 0.15) is 33.3 Å². The van der Waals surface area contributed by atoms with Crippen LogP contribution in [0.5, 0.6) is 0 Å². The second-order valence-corrected chi connectivity index (χ2v) is 7.07. The number of nitrogens with zero attached hydrogens (tertiary/aromatic N) is 1. The minimum absolute atomic E-state index is 0.184. The number of hydrogen-bond acceptors (Lipinski definition) is 2. The largest absolute Gasteiger partial charge is 0.366 e. The van der Waals surface area contributed by atoms with E-state index in [0.717, 1.165) is 29.4 Å². The molecule has 1 saturated heterocycles. The van der Waals surface area contributed by atoms with Gasteiger partial charge in [-0.3, -0.25) is 0 Å². The summed E-state index contributed by atoms with van der Waals surface area (Å²) in [6, 6.07) is 6.03. The molecular formula is C15H21Cl2NO. The van der Waals surface area contributed by atoms with Gasteiger partial charge >= 0.3 is 0 Å². The van der Waals surface area contributed by atoms with Crippen molar-refractivity contribution in [3.05, 3.63) is 28.8 Å². The summed E-state index contributed by atoms with van der Waals surface area (Å²) in [4.78, 5) is 2.30. The van der Waals surface area contributed by atoms with Gasteiger partial charge in [0.2, 0.25) is 0 Å². The molecule has 0 spiro atoms. The van der Waals surface area contributed by atoms with Gasteiger partial charge in [0.15, 0.2) is 0 Å². The highest BCUT2D eigenvalue weighted by Crippen LogP contribution is 2.35. The molecule has 2 nitrogen and oxygen atoms in total. The van der Waals surface area contributed by atoms with E-state index in [2.05, 4.69) is 38.7 Å². The number of benzene rings is 1. The fourth-order valence-electron chi connectivity index (χ4n) is 2.85. The van der Waals surface area contributed by atoms with Crippen molar-refractivity contribution in [1.82, 2.24) is 0 Å². The van der Waals surface area contributed by atoms with Crippen LogP contribution in [-0.2, 0) is 10.6 Å². The molecule has 0 atom stereocenters. The van der Waals surface area contributed by atoms with E-state index in [1.807, 2.05) is 12.1 Å². The first-order chi connectivity index (χ1) is 8.72. The Morgan fingerprint density at radius 3 is 2.21 bits per heavy atom. The van der Waals surface area contributed by atoms with E-state index < -0.39 is 0 Å². The first-order valence-corrected chi connectivity index (χ1v) is 7.43. The van der Waals surface area contributed by atoms with Crippen molar-refractivity contribution >= 4 is 28.9 Å². The number of morpholine rings is 1. The van der Waals surface area contributed by atoms with Crippen LogP contribution in [0.3, 0.4) is 0 Å². The van der Waals surface area contributed by atoms with E-state index in [9.17, 15) is 0 Å². The maximum atomic E-state index is 6.39. The molecule has 0 amide bonds. The molecule has 19 heavy (non-hydrogen) atoms. The molecule has 0 saturated carbocycles. The summed E-state index contributed by atoms with van der Waals surface area (Å²) in [6.45, 7) is 10.1. The molecule has 1 aliphatic rings. The normalized spacial score (nSPS) is 21.5. The number of ether oxygens (including phenoxy) is 1. The predicted octanol–water partition coefficient (Wildman–Crippen LogP) is 4.47. The second kappa shape index (κ2) is 5.16. The van der Waals surface area contributed by atoms with Crippen molar-refractivity contribution in [2.45, 2.75) is 44.8 Å². The summed E-state index contributed by atoms with van der Waals surface area (Å²) in [5.74, 6) is 0.486. The fourth-order valence-corrected chi connectivity index (χ4v) is 3.34. The Hall–Kier alpha value is -0.440. The number of anilines is 1. The zero-order chi connectivity index (χ0) is 14.3. The number of alkyl halides is 1. The summed E-state index contributed by atoms with van der Waals surface area (Å²) < 4.78 is 6.09. The third-order valence-electron chi connectivity index (χ3n) is 3.20. The van der Waals surface area contributed by atoms with Crippen molar-refractivity contribution in [1.29, 1.82) is 0 Å². The lowest BCUT2D eigenvalue weighted by Crippen LogP contribution is -2.57. The first kappa shape index (κ1) is 15.0. The number of hydrogen-bond donors (Lipinski definition) is 0. The zero-order valence-electron chi connectivity index (χ0n) is 12.0. The average Bonchev–Trinajstić information content (AvgIpc) is 2.24. The Kier molecular flexibility index (Phi) is 4.06. The monoisotopic (exact) mass is 301 g/mol. The third-order valence-corrected chi connectivity index (χ3v) is 3.81. The number of halogens is 2. The zero-order valence-corrected chi connectivity index (χ0v) is 13.5. The molecule has 0 aliphatic carbocycles. The van der Waals surface area contributed by atoms with E-state index in [1.54, 1.807) is 0 Å². The molecule has 1 heterocycles. The average molecular weight is 302 g/mol. The summed E-state index contributed by atoms with van der Waals surface area (Å²) in [5.41, 5.74) is 1.73. The van der Waals surface area contributed by atoms with Crippen LogP contribution in [-0.4, -0.2) is 24.3 Å². The van der Waals surface area contributed by atoms with Gasteiger partial charge in [0.1, 0.15) is 0 Å². The molecule has 1 aromatic rings. The Morgan fingerprint density at radius 1 is 1.16 bits per heavy atom. The van der Waals surface area contributed by atoms with Crippen molar-refractivity contribution in [3.63, 3.8) is 0 Å². The Morgan fingerprint density at radius 2 is 1.74 bits per heavy atom. The van der Waals surface area contributed by atoms with Gasteiger partial charge in [-0.25, -0.2) is 0 Å². The quantitative estimate of drug-likeness (QED) is 0.747. The van der Waals surface area contributed by atoms with Crippen molar-refractivity contribution in [3.8, 4) is 0 Å². The highest BCUT2D eigenvalue weighted by atomic mass is 35.5. The standard InChI is InChI=1S/C15H21Cl2NO/c1-14(2)9-18(10-15(3,4)19-14)13-6-5-11(8-16)7-12(13)17/h5-7H,8-10H2,1-4H3. The second-order valence-electron chi connectivity index (χ2n) is 6.40. The number of rotatable bonds is 2. The van der Waals surface area contributed by atoms with Gasteiger partial charge < -0.3 is 9.64 Å². The van der Waals surface area contributed by atoms with Crippen LogP contribution >= 0.6 is 23.2 Å². The summed E-state index contributed by atoms with van der Waals surface area (Å²) in [6.07, 6.45) is 0.